The first kappa shape index (κ1) is 11.5. The molecule has 0 bridgehead atoms. The molecule has 0 saturated heterocycles. The van der Waals surface area contributed by atoms with Gasteiger partial charge in [0.15, 0.2) is 5.82 Å². The van der Waals surface area contributed by atoms with Crippen LogP contribution in [0.25, 0.3) is 0 Å². The van der Waals surface area contributed by atoms with Crippen LogP contribution in [0.4, 0.5) is 0 Å². The van der Waals surface area contributed by atoms with Crippen LogP contribution in [-0.2, 0) is 23.3 Å². The zero-order valence-electron chi connectivity index (χ0n) is 10.2. The van der Waals surface area contributed by atoms with Gasteiger partial charge in [-0.3, -0.25) is 0 Å². The highest BCUT2D eigenvalue weighted by Gasteiger charge is 2.25. The van der Waals surface area contributed by atoms with Crippen molar-refractivity contribution < 1.29 is 4.74 Å². The molecule has 4 heteroatoms. The summed E-state index contributed by atoms with van der Waals surface area (Å²) in [5, 5.41) is 3.31. The van der Waals surface area contributed by atoms with E-state index in [9.17, 15) is 0 Å². The highest BCUT2D eigenvalue weighted by Crippen LogP contribution is 2.22. The summed E-state index contributed by atoms with van der Waals surface area (Å²) in [4.78, 5) is 9.03. The summed E-state index contributed by atoms with van der Waals surface area (Å²) >= 11 is 0. The molecule has 1 aromatic heterocycles. The van der Waals surface area contributed by atoms with E-state index in [0.29, 0.717) is 6.61 Å². The molecule has 2 rings (SSSR count). The minimum absolute atomic E-state index is 0.394. The van der Waals surface area contributed by atoms with Crippen LogP contribution in [0.5, 0.6) is 0 Å². The first-order chi connectivity index (χ1) is 7.63. The number of hydrogen-bond donors (Lipinski definition) is 1. The normalized spacial score (nSPS) is 15.9. The van der Waals surface area contributed by atoms with Gasteiger partial charge in [-0.05, 0) is 20.8 Å². The van der Waals surface area contributed by atoms with Crippen LogP contribution in [0.1, 0.15) is 37.9 Å². The van der Waals surface area contributed by atoms with E-state index in [2.05, 4.69) is 15.3 Å². The molecule has 0 aromatic carbocycles. The van der Waals surface area contributed by atoms with Gasteiger partial charge in [-0.2, -0.15) is 0 Å². The Hall–Kier alpha value is -1.00. The molecule has 1 aromatic rings. The number of ether oxygens (including phenoxy) is 1. The first-order valence-corrected chi connectivity index (χ1v) is 5.83. The molecule has 16 heavy (non-hydrogen) atoms. The number of nitrogens with one attached hydrogen (secondary N) is 1. The van der Waals surface area contributed by atoms with E-state index in [1.807, 2.05) is 27.0 Å². The molecule has 0 spiro atoms. The van der Waals surface area contributed by atoms with Gasteiger partial charge in [0.05, 0.1) is 0 Å². The summed E-state index contributed by atoms with van der Waals surface area (Å²) in [7, 11) is 0. The summed E-state index contributed by atoms with van der Waals surface area (Å²) in [6.45, 7) is 8.57. The lowest BCUT2D eigenvalue weighted by molar-refractivity contribution is -0.0210. The molecule has 0 amide bonds. The fraction of sp³-hybridized carbons (Fsp3) is 0.667. The lowest BCUT2D eigenvalue weighted by Gasteiger charge is -2.25. The standard InChI is InChI=1S/C12H19N3O/c1-4-16-12(2,3)11-14-8-9-7-13-6-5-10(9)15-11/h8,13H,4-7H2,1-3H3. The van der Waals surface area contributed by atoms with Crippen molar-refractivity contribution in [3.8, 4) is 0 Å². The minimum atomic E-state index is -0.394. The van der Waals surface area contributed by atoms with Crippen molar-refractivity contribution in [1.29, 1.82) is 0 Å². The van der Waals surface area contributed by atoms with Crippen LogP contribution < -0.4 is 5.32 Å². The summed E-state index contributed by atoms with van der Waals surface area (Å²) in [6.07, 6.45) is 2.90. The smallest absolute Gasteiger partial charge is 0.159 e. The van der Waals surface area contributed by atoms with Crippen LogP contribution in [0.2, 0.25) is 0 Å². The van der Waals surface area contributed by atoms with Crippen molar-refractivity contribution in [3.63, 3.8) is 0 Å². The number of hydrogen-bond acceptors (Lipinski definition) is 4. The predicted molar refractivity (Wildman–Crippen MR) is 62.1 cm³/mol. The van der Waals surface area contributed by atoms with Gasteiger partial charge in [0, 0.05) is 43.6 Å². The average Bonchev–Trinajstić information content (AvgIpc) is 2.28. The highest BCUT2D eigenvalue weighted by atomic mass is 16.5. The largest absolute Gasteiger partial charge is 0.368 e. The third-order valence-corrected chi connectivity index (χ3v) is 2.85. The zero-order valence-corrected chi connectivity index (χ0v) is 10.2. The Kier molecular flexibility index (Phi) is 3.21. The van der Waals surface area contributed by atoms with Crippen molar-refractivity contribution in [2.45, 2.75) is 39.3 Å². The predicted octanol–water partition coefficient (Wildman–Crippen LogP) is 1.39. The number of nitrogens with zero attached hydrogens (tertiary/aromatic N) is 2. The highest BCUT2D eigenvalue weighted by molar-refractivity contribution is 5.21. The van der Waals surface area contributed by atoms with Gasteiger partial charge in [-0.15, -0.1) is 0 Å². The van der Waals surface area contributed by atoms with E-state index in [-0.39, 0.29) is 0 Å². The minimum Gasteiger partial charge on any atom is -0.368 e. The molecule has 0 fully saturated rings. The Morgan fingerprint density at radius 1 is 1.50 bits per heavy atom. The third-order valence-electron chi connectivity index (χ3n) is 2.85. The maximum Gasteiger partial charge on any atom is 0.159 e. The molecular weight excluding hydrogens is 202 g/mol. The molecule has 0 saturated carbocycles. The molecule has 88 valence electrons. The topological polar surface area (TPSA) is 47.0 Å². The van der Waals surface area contributed by atoms with Crippen molar-refractivity contribution in [3.05, 3.63) is 23.3 Å². The van der Waals surface area contributed by atoms with Gasteiger partial charge in [-0.1, -0.05) is 0 Å². The van der Waals surface area contributed by atoms with E-state index in [1.165, 1.54) is 5.56 Å². The monoisotopic (exact) mass is 221 g/mol. The second-order valence-corrected chi connectivity index (χ2v) is 4.54. The van der Waals surface area contributed by atoms with Gasteiger partial charge in [0.1, 0.15) is 5.60 Å². The van der Waals surface area contributed by atoms with Crippen LogP contribution in [0, 0.1) is 0 Å². The molecule has 0 unspecified atom stereocenters. The Morgan fingerprint density at radius 2 is 2.31 bits per heavy atom. The molecule has 2 heterocycles. The Bertz CT molecular complexity index is 377. The fourth-order valence-electron chi connectivity index (χ4n) is 1.95. The summed E-state index contributed by atoms with van der Waals surface area (Å²) < 4.78 is 5.67. The number of aromatic nitrogens is 2. The average molecular weight is 221 g/mol. The molecule has 0 radical (unpaired) electrons. The Labute approximate surface area is 96.4 Å². The number of rotatable bonds is 3. The maximum absolute atomic E-state index is 5.67. The van der Waals surface area contributed by atoms with E-state index in [0.717, 1.165) is 31.0 Å². The molecule has 1 aliphatic heterocycles. The van der Waals surface area contributed by atoms with E-state index >= 15 is 0 Å². The van der Waals surface area contributed by atoms with Crippen molar-refractivity contribution in [1.82, 2.24) is 15.3 Å². The Morgan fingerprint density at radius 3 is 3.06 bits per heavy atom. The lowest BCUT2D eigenvalue weighted by Crippen LogP contribution is -2.29. The van der Waals surface area contributed by atoms with Crippen molar-refractivity contribution >= 4 is 0 Å². The maximum atomic E-state index is 5.67. The number of fused-ring (bicyclic) bond motifs is 1. The van der Waals surface area contributed by atoms with Gasteiger partial charge < -0.3 is 10.1 Å². The molecule has 0 aliphatic carbocycles. The molecular formula is C12H19N3O. The summed E-state index contributed by atoms with van der Waals surface area (Å²) in [6, 6.07) is 0. The lowest BCUT2D eigenvalue weighted by atomic mass is 10.1. The second-order valence-electron chi connectivity index (χ2n) is 4.54. The van der Waals surface area contributed by atoms with Gasteiger partial charge in [-0.25, -0.2) is 9.97 Å². The first-order valence-electron chi connectivity index (χ1n) is 5.83. The summed E-state index contributed by atoms with van der Waals surface area (Å²) in [5.41, 5.74) is 1.98. The van der Waals surface area contributed by atoms with Crippen LogP contribution in [0.15, 0.2) is 6.20 Å². The van der Waals surface area contributed by atoms with E-state index < -0.39 is 5.60 Å². The van der Waals surface area contributed by atoms with Gasteiger partial charge in [0.25, 0.3) is 0 Å². The van der Waals surface area contributed by atoms with Crippen molar-refractivity contribution in [2.24, 2.45) is 0 Å². The molecule has 1 N–H and O–H groups in total. The molecule has 4 nitrogen and oxygen atoms in total. The SMILES string of the molecule is CCOC(C)(C)c1ncc2c(n1)CCNC2. The van der Waals surface area contributed by atoms with Crippen LogP contribution in [0.3, 0.4) is 0 Å². The van der Waals surface area contributed by atoms with Gasteiger partial charge >= 0.3 is 0 Å². The van der Waals surface area contributed by atoms with Crippen LogP contribution in [-0.4, -0.2) is 23.1 Å². The molecule has 1 aliphatic rings. The second kappa shape index (κ2) is 4.47. The van der Waals surface area contributed by atoms with Crippen LogP contribution >= 0.6 is 0 Å². The summed E-state index contributed by atoms with van der Waals surface area (Å²) in [5.74, 6) is 0.787. The van der Waals surface area contributed by atoms with Gasteiger partial charge in [0.2, 0.25) is 0 Å². The third kappa shape index (κ3) is 2.23. The van der Waals surface area contributed by atoms with E-state index in [4.69, 9.17) is 4.74 Å². The Balaban J connectivity index is 2.29. The van der Waals surface area contributed by atoms with Crippen molar-refractivity contribution in [2.75, 3.05) is 13.2 Å². The molecule has 0 atom stereocenters. The zero-order chi connectivity index (χ0) is 11.6. The fourth-order valence-corrected chi connectivity index (χ4v) is 1.95. The quantitative estimate of drug-likeness (QED) is 0.838. The van der Waals surface area contributed by atoms with E-state index in [1.54, 1.807) is 0 Å².